The molecule has 0 saturated heterocycles. The number of hydrogen-bond donors (Lipinski definition) is 0. The highest BCUT2D eigenvalue weighted by atomic mass is 32.2. The molecular weight excluding hydrogens is 250 g/mol. The summed E-state index contributed by atoms with van der Waals surface area (Å²) in [7, 11) is -3.20. The van der Waals surface area contributed by atoms with Crippen LogP contribution in [-0.2, 0) is 14.6 Å². The summed E-state index contributed by atoms with van der Waals surface area (Å²) in [5.41, 5.74) is 0. The first kappa shape index (κ1) is 13.8. The Bertz CT molecular complexity index is 394. The maximum absolute atomic E-state index is 12.2. The normalized spacial score (nSPS) is 21.8. The fourth-order valence-electron chi connectivity index (χ4n) is 2.78. The Labute approximate surface area is 110 Å². The van der Waals surface area contributed by atoms with Gasteiger partial charge in [0, 0.05) is 17.8 Å². The Hall–Kier alpha value is -0.580. The van der Waals surface area contributed by atoms with Gasteiger partial charge in [0.1, 0.15) is 5.75 Å². The average Bonchev–Trinajstić information content (AvgIpc) is 3.14. The summed E-state index contributed by atoms with van der Waals surface area (Å²) in [4.78, 5) is 14.2. The molecule has 0 aromatic carbocycles. The average molecular weight is 273 g/mol. The minimum Gasteiger partial charge on any atom is -0.336 e. The van der Waals surface area contributed by atoms with E-state index >= 15 is 0 Å². The third kappa shape index (κ3) is 3.46. The van der Waals surface area contributed by atoms with Crippen molar-refractivity contribution >= 4 is 15.7 Å². The fraction of sp³-hybridized carbons (Fsp3) is 0.923. The topological polar surface area (TPSA) is 54.5 Å². The second kappa shape index (κ2) is 5.59. The molecule has 0 bridgehead atoms. The Balaban J connectivity index is 2.03. The zero-order valence-electron chi connectivity index (χ0n) is 11.1. The maximum atomic E-state index is 12.2. The fourth-order valence-corrected chi connectivity index (χ4v) is 3.51. The van der Waals surface area contributed by atoms with Crippen molar-refractivity contribution in [3.05, 3.63) is 0 Å². The number of rotatable bonds is 5. The molecule has 0 spiro atoms. The predicted molar refractivity (Wildman–Crippen MR) is 71.1 cm³/mol. The summed E-state index contributed by atoms with van der Waals surface area (Å²) in [6.07, 6.45) is 7.78. The first-order valence-electron chi connectivity index (χ1n) is 7.05. The highest BCUT2D eigenvalue weighted by Gasteiger charge is 2.38. The lowest BCUT2D eigenvalue weighted by Crippen LogP contribution is -2.45. The first-order chi connectivity index (χ1) is 8.53. The van der Waals surface area contributed by atoms with Crippen molar-refractivity contribution in [3.63, 3.8) is 0 Å². The van der Waals surface area contributed by atoms with Crippen molar-refractivity contribution in [2.45, 2.75) is 64.0 Å². The van der Waals surface area contributed by atoms with E-state index in [1.807, 2.05) is 4.90 Å². The monoisotopic (exact) mass is 273 g/mol. The van der Waals surface area contributed by atoms with Crippen LogP contribution in [0.4, 0.5) is 0 Å². The zero-order chi connectivity index (χ0) is 13.2. The molecule has 5 heteroatoms. The van der Waals surface area contributed by atoms with Gasteiger partial charge in [-0.15, -0.1) is 0 Å². The van der Waals surface area contributed by atoms with Gasteiger partial charge in [-0.05, 0) is 25.7 Å². The van der Waals surface area contributed by atoms with Crippen LogP contribution in [0.15, 0.2) is 0 Å². The summed E-state index contributed by atoms with van der Waals surface area (Å²) >= 11 is 0. The van der Waals surface area contributed by atoms with Crippen LogP contribution in [0.1, 0.15) is 51.9 Å². The van der Waals surface area contributed by atoms with E-state index in [1.54, 1.807) is 6.92 Å². The molecule has 0 aromatic heterocycles. The molecule has 4 nitrogen and oxygen atoms in total. The van der Waals surface area contributed by atoms with Crippen LogP contribution >= 0.6 is 0 Å². The van der Waals surface area contributed by atoms with Crippen LogP contribution in [-0.4, -0.2) is 42.8 Å². The van der Waals surface area contributed by atoms with Crippen LogP contribution in [0.5, 0.6) is 0 Å². The van der Waals surface area contributed by atoms with E-state index in [4.69, 9.17) is 0 Å². The van der Waals surface area contributed by atoms with E-state index in [1.165, 1.54) is 19.3 Å². The lowest BCUT2D eigenvalue weighted by atomic mass is 9.94. The largest absolute Gasteiger partial charge is 0.336 e. The van der Waals surface area contributed by atoms with Crippen molar-refractivity contribution in [1.82, 2.24) is 4.90 Å². The van der Waals surface area contributed by atoms with E-state index < -0.39 is 9.84 Å². The minimum absolute atomic E-state index is 0.0575. The smallest absolute Gasteiger partial charge is 0.238 e. The SMILES string of the molecule is CCS(=O)(=O)CC(=O)N(C1CCCCC1)C1CC1. The predicted octanol–water partition coefficient (Wildman–Crippen LogP) is 1.74. The standard InChI is InChI=1S/C13H23NO3S/c1-2-18(16,17)10-13(15)14(12-8-9-12)11-6-4-3-5-7-11/h11-12H,2-10H2,1H3. The first-order valence-corrected chi connectivity index (χ1v) is 8.87. The molecular formula is C13H23NO3S. The van der Waals surface area contributed by atoms with E-state index in [0.29, 0.717) is 12.1 Å². The Morgan fingerprint density at radius 2 is 1.61 bits per heavy atom. The maximum Gasteiger partial charge on any atom is 0.238 e. The van der Waals surface area contributed by atoms with Crippen molar-refractivity contribution in [1.29, 1.82) is 0 Å². The molecule has 0 radical (unpaired) electrons. The second-order valence-corrected chi connectivity index (χ2v) is 7.85. The van der Waals surface area contributed by atoms with Crippen molar-refractivity contribution in [3.8, 4) is 0 Å². The summed E-state index contributed by atoms with van der Waals surface area (Å²) in [5.74, 6) is -0.399. The lowest BCUT2D eigenvalue weighted by Gasteiger charge is -2.34. The molecule has 1 amide bonds. The van der Waals surface area contributed by atoms with Crippen molar-refractivity contribution < 1.29 is 13.2 Å². The highest BCUT2D eigenvalue weighted by Crippen LogP contribution is 2.33. The lowest BCUT2D eigenvalue weighted by molar-refractivity contribution is -0.132. The van der Waals surface area contributed by atoms with Crippen LogP contribution < -0.4 is 0 Å². The molecule has 0 N–H and O–H groups in total. The molecule has 2 fully saturated rings. The molecule has 2 saturated carbocycles. The van der Waals surface area contributed by atoms with Gasteiger partial charge in [-0.1, -0.05) is 26.2 Å². The van der Waals surface area contributed by atoms with E-state index in [9.17, 15) is 13.2 Å². The van der Waals surface area contributed by atoms with Gasteiger partial charge in [-0.25, -0.2) is 8.42 Å². The third-order valence-electron chi connectivity index (χ3n) is 3.98. The van der Waals surface area contributed by atoms with E-state index in [-0.39, 0.29) is 17.4 Å². The molecule has 104 valence electrons. The molecule has 2 rings (SSSR count). The number of nitrogens with zero attached hydrogens (tertiary/aromatic N) is 1. The second-order valence-electron chi connectivity index (χ2n) is 5.50. The molecule has 0 heterocycles. The third-order valence-corrected chi connectivity index (χ3v) is 5.55. The minimum atomic E-state index is -3.20. The van der Waals surface area contributed by atoms with Gasteiger partial charge < -0.3 is 4.90 Å². The van der Waals surface area contributed by atoms with Gasteiger partial charge in [0.25, 0.3) is 0 Å². The molecule has 2 aliphatic rings. The summed E-state index contributed by atoms with van der Waals surface area (Å²) in [6.45, 7) is 1.60. The van der Waals surface area contributed by atoms with Gasteiger partial charge in [-0.3, -0.25) is 4.79 Å². The van der Waals surface area contributed by atoms with E-state index in [0.717, 1.165) is 25.7 Å². The van der Waals surface area contributed by atoms with Crippen LogP contribution in [0.25, 0.3) is 0 Å². The zero-order valence-corrected chi connectivity index (χ0v) is 11.9. The molecule has 0 unspecified atom stereocenters. The number of carbonyl (C=O) groups excluding carboxylic acids is 1. The van der Waals surface area contributed by atoms with Crippen LogP contribution in [0.2, 0.25) is 0 Å². The van der Waals surface area contributed by atoms with Crippen molar-refractivity contribution in [2.75, 3.05) is 11.5 Å². The molecule has 0 aromatic rings. The summed E-state index contributed by atoms with van der Waals surface area (Å²) in [5, 5.41) is 0. The number of sulfone groups is 1. The van der Waals surface area contributed by atoms with Gasteiger partial charge in [0.15, 0.2) is 9.84 Å². The van der Waals surface area contributed by atoms with Gasteiger partial charge >= 0.3 is 0 Å². The van der Waals surface area contributed by atoms with Gasteiger partial charge in [-0.2, -0.15) is 0 Å². The molecule has 2 aliphatic carbocycles. The Kier molecular flexibility index (Phi) is 4.30. The number of amides is 1. The Morgan fingerprint density at radius 3 is 2.11 bits per heavy atom. The Morgan fingerprint density at radius 1 is 1.06 bits per heavy atom. The van der Waals surface area contributed by atoms with Crippen LogP contribution in [0, 0.1) is 0 Å². The highest BCUT2D eigenvalue weighted by molar-refractivity contribution is 7.92. The number of hydrogen-bond acceptors (Lipinski definition) is 3. The summed E-state index contributed by atoms with van der Waals surface area (Å²) in [6, 6.07) is 0.624. The van der Waals surface area contributed by atoms with Crippen molar-refractivity contribution in [2.24, 2.45) is 0 Å². The summed E-state index contributed by atoms with van der Waals surface area (Å²) < 4.78 is 23.2. The molecule has 0 aliphatic heterocycles. The quantitative estimate of drug-likeness (QED) is 0.767. The van der Waals surface area contributed by atoms with Gasteiger partial charge in [0.2, 0.25) is 5.91 Å². The number of carbonyl (C=O) groups is 1. The molecule has 18 heavy (non-hydrogen) atoms. The van der Waals surface area contributed by atoms with Gasteiger partial charge in [0.05, 0.1) is 0 Å². The van der Waals surface area contributed by atoms with E-state index in [2.05, 4.69) is 0 Å². The molecule has 0 atom stereocenters. The van der Waals surface area contributed by atoms with Crippen LogP contribution in [0.3, 0.4) is 0 Å².